The van der Waals surface area contributed by atoms with E-state index < -0.39 is 0 Å². The minimum absolute atomic E-state index is 0.219. The molecule has 1 fully saturated rings. The molecule has 1 saturated carbocycles. The van der Waals surface area contributed by atoms with E-state index in [-0.39, 0.29) is 5.82 Å². The van der Waals surface area contributed by atoms with Crippen LogP contribution in [0.2, 0.25) is 0 Å². The topological polar surface area (TPSA) is 39.2 Å². The highest BCUT2D eigenvalue weighted by molar-refractivity contribution is 9.10. The lowest BCUT2D eigenvalue weighted by Crippen LogP contribution is -1.97. The molecule has 2 N–H and O–H groups in total. The molecule has 84 valence electrons. The summed E-state index contributed by atoms with van der Waals surface area (Å²) in [5.74, 6) is 0.940. The molecule has 1 aromatic heterocycles. The van der Waals surface area contributed by atoms with Crippen molar-refractivity contribution in [1.82, 2.24) is 0 Å². The van der Waals surface area contributed by atoms with Crippen molar-refractivity contribution in [2.75, 3.05) is 0 Å². The van der Waals surface area contributed by atoms with Crippen molar-refractivity contribution in [2.24, 2.45) is 5.73 Å². The molecule has 16 heavy (non-hydrogen) atoms. The second kappa shape index (κ2) is 3.57. The fourth-order valence-corrected chi connectivity index (χ4v) is 2.57. The monoisotopic (exact) mass is 283 g/mol. The molecule has 1 heterocycles. The third-order valence-corrected chi connectivity index (χ3v) is 3.65. The molecule has 0 atom stereocenters. The van der Waals surface area contributed by atoms with Gasteiger partial charge in [0.1, 0.15) is 11.6 Å². The average molecular weight is 284 g/mol. The van der Waals surface area contributed by atoms with Crippen LogP contribution in [0.4, 0.5) is 4.39 Å². The molecule has 1 aliphatic rings. The van der Waals surface area contributed by atoms with E-state index in [0.29, 0.717) is 23.4 Å². The van der Waals surface area contributed by atoms with Crippen molar-refractivity contribution >= 4 is 26.9 Å². The summed E-state index contributed by atoms with van der Waals surface area (Å²) in [5, 5.41) is 0.609. The third-order valence-electron chi connectivity index (χ3n) is 3.02. The van der Waals surface area contributed by atoms with Crippen LogP contribution in [0, 0.1) is 5.82 Å². The molecule has 0 aliphatic heterocycles. The lowest BCUT2D eigenvalue weighted by atomic mass is 10.1. The Morgan fingerprint density at radius 3 is 2.81 bits per heavy atom. The van der Waals surface area contributed by atoms with Gasteiger partial charge in [0.25, 0.3) is 0 Å². The molecular formula is C12H11BrFNO. The van der Waals surface area contributed by atoms with Gasteiger partial charge in [-0.2, -0.15) is 0 Å². The van der Waals surface area contributed by atoms with Crippen LogP contribution in [0.5, 0.6) is 0 Å². The molecule has 3 rings (SSSR count). The molecule has 1 aromatic carbocycles. The fraction of sp³-hybridized carbons (Fsp3) is 0.333. The van der Waals surface area contributed by atoms with E-state index in [1.165, 1.54) is 6.07 Å². The number of hydrogen-bond donors (Lipinski definition) is 1. The zero-order valence-corrected chi connectivity index (χ0v) is 10.2. The predicted molar refractivity (Wildman–Crippen MR) is 63.7 cm³/mol. The summed E-state index contributed by atoms with van der Waals surface area (Å²) < 4.78 is 20.3. The highest BCUT2D eigenvalue weighted by atomic mass is 79.9. The van der Waals surface area contributed by atoms with E-state index in [1.54, 1.807) is 6.07 Å². The molecule has 0 unspecified atom stereocenters. The Hall–Kier alpha value is -0.870. The van der Waals surface area contributed by atoms with Gasteiger partial charge in [0.15, 0.2) is 5.58 Å². The Morgan fingerprint density at radius 2 is 2.19 bits per heavy atom. The summed E-state index contributed by atoms with van der Waals surface area (Å²) in [7, 11) is 0. The first-order valence-electron chi connectivity index (χ1n) is 5.31. The highest BCUT2D eigenvalue weighted by Crippen LogP contribution is 2.47. The number of hydrogen-bond acceptors (Lipinski definition) is 2. The predicted octanol–water partition coefficient (Wildman–Crippen LogP) is 3.67. The van der Waals surface area contributed by atoms with Gasteiger partial charge >= 0.3 is 0 Å². The zero-order chi connectivity index (χ0) is 11.3. The normalized spacial score (nSPS) is 15.9. The molecule has 0 amide bonds. The van der Waals surface area contributed by atoms with Gasteiger partial charge in [0.2, 0.25) is 0 Å². The number of benzene rings is 1. The van der Waals surface area contributed by atoms with Crippen molar-refractivity contribution in [3.63, 3.8) is 0 Å². The van der Waals surface area contributed by atoms with Crippen LogP contribution in [0.3, 0.4) is 0 Å². The molecule has 2 aromatic rings. The van der Waals surface area contributed by atoms with Crippen LogP contribution in [-0.4, -0.2) is 0 Å². The van der Waals surface area contributed by atoms with Gasteiger partial charge in [-0.1, -0.05) is 0 Å². The summed E-state index contributed by atoms with van der Waals surface area (Å²) >= 11 is 3.38. The van der Waals surface area contributed by atoms with Crippen LogP contribution in [-0.2, 0) is 6.54 Å². The molecule has 0 saturated heterocycles. The van der Waals surface area contributed by atoms with Gasteiger partial charge in [0, 0.05) is 5.56 Å². The number of furan rings is 1. The number of fused-ring (bicyclic) bond motifs is 1. The molecule has 2 nitrogen and oxygen atoms in total. The van der Waals surface area contributed by atoms with Crippen LogP contribution in [0.25, 0.3) is 11.0 Å². The largest absolute Gasteiger partial charge is 0.458 e. The van der Waals surface area contributed by atoms with Gasteiger partial charge in [-0.15, -0.1) is 0 Å². The van der Waals surface area contributed by atoms with Crippen molar-refractivity contribution < 1.29 is 8.81 Å². The molecule has 0 bridgehead atoms. The van der Waals surface area contributed by atoms with E-state index in [0.717, 1.165) is 28.6 Å². The Balaban J connectivity index is 2.39. The standard InChI is InChI=1S/C12H11BrFNO/c13-7-3-4-8(14)11-10(6-1-2-6)9(5-15)16-12(7)11/h3-4,6H,1-2,5,15H2. The van der Waals surface area contributed by atoms with Gasteiger partial charge in [-0.25, -0.2) is 4.39 Å². The van der Waals surface area contributed by atoms with Crippen LogP contribution in [0.15, 0.2) is 21.0 Å². The Labute approximate surface area is 101 Å². The maximum atomic E-state index is 13.8. The van der Waals surface area contributed by atoms with Gasteiger partial charge in [-0.05, 0) is 46.8 Å². The number of nitrogens with two attached hydrogens (primary N) is 1. The Morgan fingerprint density at radius 1 is 1.44 bits per heavy atom. The third kappa shape index (κ3) is 1.40. The highest BCUT2D eigenvalue weighted by Gasteiger charge is 2.32. The van der Waals surface area contributed by atoms with E-state index >= 15 is 0 Å². The van der Waals surface area contributed by atoms with Crippen molar-refractivity contribution in [2.45, 2.75) is 25.3 Å². The van der Waals surface area contributed by atoms with Gasteiger partial charge < -0.3 is 10.2 Å². The van der Waals surface area contributed by atoms with E-state index in [2.05, 4.69) is 15.9 Å². The maximum absolute atomic E-state index is 13.8. The maximum Gasteiger partial charge on any atom is 0.151 e. The van der Waals surface area contributed by atoms with Crippen LogP contribution >= 0.6 is 15.9 Å². The Kier molecular flexibility index (Phi) is 2.30. The Bertz CT molecular complexity index is 560. The summed E-state index contributed by atoms with van der Waals surface area (Å²) in [4.78, 5) is 0. The molecule has 4 heteroatoms. The second-order valence-electron chi connectivity index (χ2n) is 4.15. The summed E-state index contributed by atoms with van der Waals surface area (Å²) in [6, 6.07) is 3.13. The van der Waals surface area contributed by atoms with Crippen molar-refractivity contribution in [3.8, 4) is 0 Å². The van der Waals surface area contributed by atoms with E-state index in [4.69, 9.17) is 10.2 Å². The summed E-state index contributed by atoms with van der Waals surface area (Å²) in [6.07, 6.45) is 2.21. The van der Waals surface area contributed by atoms with Crippen molar-refractivity contribution in [1.29, 1.82) is 0 Å². The summed E-state index contributed by atoms with van der Waals surface area (Å²) in [6.45, 7) is 0.326. The van der Waals surface area contributed by atoms with Gasteiger partial charge in [0.05, 0.1) is 16.4 Å². The molecule has 0 spiro atoms. The quantitative estimate of drug-likeness (QED) is 0.913. The SMILES string of the molecule is NCc1oc2c(Br)ccc(F)c2c1C1CC1. The average Bonchev–Trinajstić information content (AvgIpc) is 3.03. The zero-order valence-electron chi connectivity index (χ0n) is 8.59. The molecular weight excluding hydrogens is 273 g/mol. The second-order valence-corrected chi connectivity index (χ2v) is 5.00. The fourth-order valence-electron chi connectivity index (χ4n) is 2.16. The lowest BCUT2D eigenvalue weighted by Gasteiger charge is -1.98. The van der Waals surface area contributed by atoms with E-state index in [1.807, 2.05) is 0 Å². The van der Waals surface area contributed by atoms with Crippen LogP contribution in [0.1, 0.15) is 30.1 Å². The summed E-state index contributed by atoms with van der Waals surface area (Å²) in [5.41, 5.74) is 7.22. The minimum Gasteiger partial charge on any atom is -0.458 e. The van der Waals surface area contributed by atoms with Crippen molar-refractivity contribution in [3.05, 3.63) is 33.7 Å². The first-order chi connectivity index (χ1) is 7.72. The van der Waals surface area contributed by atoms with E-state index in [9.17, 15) is 4.39 Å². The first kappa shape index (κ1) is 10.3. The number of halogens is 2. The molecule has 0 radical (unpaired) electrons. The minimum atomic E-state index is -0.219. The smallest absolute Gasteiger partial charge is 0.151 e. The lowest BCUT2D eigenvalue weighted by molar-refractivity contribution is 0.544. The first-order valence-corrected chi connectivity index (χ1v) is 6.11. The van der Waals surface area contributed by atoms with Gasteiger partial charge in [-0.3, -0.25) is 0 Å². The number of rotatable bonds is 2. The molecule has 1 aliphatic carbocycles. The van der Waals surface area contributed by atoms with Crippen LogP contribution < -0.4 is 5.73 Å².